The number of imidazole rings is 1. The Kier molecular flexibility index (Phi) is 6.64. The van der Waals surface area contributed by atoms with Gasteiger partial charge < -0.3 is 25.3 Å². The summed E-state index contributed by atoms with van der Waals surface area (Å²) in [4.78, 5) is 24.4. The minimum atomic E-state index is 0.241. The number of ether oxygens (including phenoxy) is 1. The zero-order chi connectivity index (χ0) is 21.5. The van der Waals surface area contributed by atoms with E-state index in [0.29, 0.717) is 37.8 Å². The Bertz CT molecular complexity index is 1040. The van der Waals surface area contributed by atoms with E-state index in [1.807, 2.05) is 43.0 Å². The van der Waals surface area contributed by atoms with Gasteiger partial charge >= 0.3 is 0 Å². The van der Waals surface area contributed by atoms with Gasteiger partial charge in [-0.2, -0.15) is 10.2 Å². The molecule has 1 saturated heterocycles. The number of aromatic amines is 1. The molecule has 1 aliphatic heterocycles. The van der Waals surface area contributed by atoms with Crippen LogP contribution < -0.4 is 15.4 Å². The molecule has 0 radical (unpaired) electrons. The van der Waals surface area contributed by atoms with Crippen LogP contribution in [-0.2, 0) is 0 Å². The van der Waals surface area contributed by atoms with Gasteiger partial charge in [-0.1, -0.05) is 13.8 Å². The quantitative estimate of drug-likeness (QED) is 0.382. The van der Waals surface area contributed by atoms with Crippen LogP contribution in [-0.4, -0.2) is 64.1 Å². The van der Waals surface area contributed by atoms with Crippen LogP contribution in [0.3, 0.4) is 0 Å². The first kappa shape index (κ1) is 20.9. The zero-order valence-corrected chi connectivity index (χ0v) is 17.3. The third kappa shape index (κ3) is 4.25. The van der Waals surface area contributed by atoms with Crippen molar-refractivity contribution >= 4 is 23.1 Å². The van der Waals surface area contributed by atoms with E-state index in [0.717, 1.165) is 22.5 Å². The minimum absolute atomic E-state index is 0.241. The SMILES string of the molecule is CC.COc1ccc(-c2nc(N3CCN(C(N)=NC#N)CC3)nc3nc[nH]c23)cc1. The Hall–Kier alpha value is -3.87. The van der Waals surface area contributed by atoms with Gasteiger partial charge in [0.25, 0.3) is 0 Å². The van der Waals surface area contributed by atoms with Crippen molar-refractivity contribution in [3.63, 3.8) is 0 Å². The van der Waals surface area contributed by atoms with Gasteiger partial charge in [-0.05, 0) is 24.3 Å². The van der Waals surface area contributed by atoms with Crippen LogP contribution in [0.25, 0.3) is 22.4 Å². The summed E-state index contributed by atoms with van der Waals surface area (Å²) in [6.45, 7) is 6.60. The standard InChI is InChI=1S/C18H19N9O.C2H6/c1-28-13-4-2-12(3-5-13)14-15-16(23-11-22-15)25-18(24-14)27-8-6-26(7-9-27)17(20)21-10-19;1-2/h2-5,11H,6-9H2,1H3,(H2,20,21)(H,22,23,24,25);1-2H3. The number of aliphatic imine (C=N–C) groups is 1. The Morgan fingerprint density at radius 3 is 2.50 bits per heavy atom. The lowest BCUT2D eigenvalue weighted by Crippen LogP contribution is -2.51. The second-order valence-electron chi connectivity index (χ2n) is 6.25. The molecule has 3 heterocycles. The maximum absolute atomic E-state index is 8.66. The van der Waals surface area contributed by atoms with E-state index in [1.165, 1.54) is 0 Å². The largest absolute Gasteiger partial charge is 0.497 e. The number of H-pyrrole nitrogens is 1. The van der Waals surface area contributed by atoms with Crippen LogP contribution in [0.1, 0.15) is 13.8 Å². The Morgan fingerprint density at radius 1 is 1.17 bits per heavy atom. The highest BCUT2D eigenvalue weighted by atomic mass is 16.5. The fraction of sp³-hybridized carbons (Fsp3) is 0.350. The number of rotatable bonds is 3. The van der Waals surface area contributed by atoms with Gasteiger partial charge in [0.15, 0.2) is 5.65 Å². The number of hydrogen-bond acceptors (Lipinski definition) is 7. The third-order valence-electron chi connectivity index (χ3n) is 4.69. The molecule has 30 heavy (non-hydrogen) atoms. The average Bonchev–Trinajstić information content (AvgIpc) is 3.29. The molecule has 3 aromatic rings. The molecule has 0 bridgehead atoms. The summed E-state index contributed by atoms with van der Waals surface area (Å²) >= 11 is 0. The number of aromatic nitrogens is 4. The van der Waals surface area contributed by atoms with Crippen LogP contribution in [0.5, 0.6) is 5.75 Å². The van der Waals surface area contributed by atoms with Crippen LogP contribution in [0.4, 0.5) is 5.95 Å². The fourth-order valence-corrected chi connectivity index (χ4v) is 3.18. The predicted molar refractivity (Wildman–Crippen MR) is 116 cm³/mol. The molecule has 0 unspecified atom stereocenters. The fourth-order valence-electron chi connectivity index (χ4n) is 3.18. The van der Waals surface area contributed by atoms with Gasteiger partial charge in [-0.3, -0.25) is 0 Å². The molecule has 0 atom stereocenters. The first-order valence-electron chi connectivity index (χ1n) is 9.77. The number of nitriles is 1. The Morgan fingerprint density at radius 2 is 1.87 bits per heavy atom. The number of fused-ring (bicyclic) bond motifs is 1. The number of methoxy groups -OCH3 is 1. The van der Waals surface area contributed by atoms with Gasteiger partial charge in [-0.25, -0.2) is 9.97 Å². The van der Waals surface area contributed by atoms with E-state index in [2.05, 4.69) is 24.8 Å². The summed E-state index contributed by atoms with van der Waals surface area (Å²) in [5.41, 5.74) is 8.94. The number of anilines is 1. The summed E-state index contributed by atoms with van der Waals surface area (Å²) in [6, 6.07) is 7.72. The van der Waals surface area contributed by atoms with Crippen molar-refractivity contribution in [3.05, 3.63) is 30.6 Å². The molecule has 4 rings (SSSR count). The number of hydrogen-bond donors (Lipinski definition) is 2. The second-order valence-corrected chi connectivity index (χ2v) is 6.25. The van der Waals surface area contributed by atoms with Crippen LogP contribution >= 0.6 is 0 Å². The van der Waals surface area contributed by atoms with Crippen LogP contribution in [0.2, 0.25) is 0 Å². The van der Waals surface area contributed by atoms with E-state index in [4.69, 9.17) is 20.7 Å². The van der Waals surface area contributed by atoms with Crippen LogP contribution in [0.15, 0.2) is 35.6 Å². The van der Waals surface area contributed by atoms with Crippen molar-refractivity contribution in [2.75, 3.05) is 38.2 Å². The lowest BCUT2D eigenvalue weighted by atomic mass is 10.1. The molecular weight excluding hydrogens is 382 g/mol. The molecule has 1 aromatic carbocycles. The molecule has 1 aliphatic rings. The first-order valence-corrected chi connectivity index (χ1v) is 9.77. The second kappa shape index (κ2) is 9.56. The molecule has 10 heteroatoms. The number of piperazine rings is 1. The monoisotopic (exact) mass is 407 g/mol. The maximum atomic E-state index is 8.66. The van der Waals surface area contributed by atoms with Crippen LogP contribution in [0, 0.1) is 11.5 Å². The molecule has 2 aromatic heterocycles. The Labute approximate surface area is 175 Å². The highest BCUT2D eigenvalue weighted by molar-refractivity contribution is 5.88. The molecule has 3 N–H and O–H groups in total. The van der Waals surface area contributed by atoms with Gasteiger partial charge in [-0.15, -0.1) is 4.99 Å². The molecular formula is C20H25N9O. The van der Waals surface area contributed by atoms with E-state index >= 15 is 0 Å². The molecule has 0 saturated carbocycles. The molecule has 10 nitrogen and oxygen atoms in total. The highest BCUT2D eigenvalue weighted by Gasteiger charge is 2.22. The van der Waals surface area contributed by atoms with E-state index in [-0.39, 0.29) is 5.96 Å². The van der Waals surface area contributed by atoms with Crippen molar-refractivity contribution < 1.29 is 4.74 Å². The van der Waals surface area contributed by atoms with E-state index in [1.54, 1.807) is 19.6 Å². The molecule has 156 valence electrons. The summed E-state index contributed by atoms with van der Waals surface area (Å²) < 4.78 is 5.24. The van der Waals surface area contributed by atoms with Crippen molar-refractivity contribution in [1.82, 2.24) is 24.8 Å². The van der Waals surface area contributed by atoms with Crippen molar-refractivity contribution in [2.45, 2.75) is 13.8 Å². The number of nitrogens with two attached hydrogens (primary N) is 1. The minimum Gasteiger partial charge on any atom is -0.497 e. The van der Waals surface area contributed by atoms with Gasteiger partial charge in [0.1, 0.15) is 17.0 Å². The van der Waals surface area contributed by atoms with Crippen molar-refractivity contribution in [3.8, 4) is 23.2 Å². The van der Waals surface area contributed by atoms with Gasteiger partial charge in [0.05, 0.1) is 13.4 Å². The molecule has 0 amide bonds. The van der Waals surface area contributed by atoms with E-state index < -0.39 is 0 Å². The van der Waals surface area contributed by atoms with Gasteiger partial charge in [0, 0.05) is 31.7 Å². The van der Waals surface area contributed by atoms with Crippen molar-refractivity contribution in [1.29, 1.82) is 5.26 Å². The lowest BCUT2D eigenvalue weighted by Gasteiger charge is -2.35. The first-order chi connectivity index (χ1) is 14.7. The topological polar surface area (TPSA) is 132 Å². The summed E-state index contributed by atoms with van der Waals surface area (Å²) in [6.07, 6.45) is 3.34. The number of nitrogens with one attached hydrogen (secondary N) is 1. The Balaban J connectivity index is 0.00000124. The number of nitrogens with zero attached hydrogens (tertiary/aromatic N) is 7. The highest BCUT2D eigenvalue weighted by Crippen LogP contribution is 2.28. The van der Waals surface area contributed by atoms with Crippen molar-refractivity contribution in [2.24, 2.45) is 10.7 Å². The molecule has 1 fully saturated rings. The summed E-state index contributed by atoms with van der Waals surface area (Å²) in [7, 11) is 1.64. The third-order valence-corrected chi connectivity index (χ3v) is 4.69. The maximum Gasteiger partial charge on any atom is 0.228 e. The smallest absolute Gasteiger partial charge is 0.228 e. The normalized spacial score (nSPS) is 14.1. The zero-order valence-electron chi connectivity index (χ0n) is 17.3. The van der Waals surface area contributed by atoms with Gasteiger partial charge in [0.2, 0.25) is 18.1 Å². The van der Waals surface area contributed by atoms with E-state index in [9.17, 15) is 0 Å². The number of benzene rings is 1. The number of guanidine groups is 1. The molecule has 0 spiro atoms. The summed E-state index contributed by atoms with van der Waals surface area (Å²) in [5.74, 6) is 1.64. The molecule has 0 aliphatic carbocycles. The summed E-state index contributed by atoms with van der Waals surface area (Å²) in [5, 5.41) is 8.66. The lowest BCUT2D eigenvalue weighted by molar-refractivity contribution is 0.380. The predicted octanol–water partition coefficient (Wildman–Crippen LogP) is 1.97. The average molecular weight is 407 g/mol.